The molecule has 0 aliphatic rings. The molecule has 2 N–H and O–H groups in total. The molecule has 1 amide bonds. The first kappa shape index (κ1) is 18.1. The zero-order chi connectivity index (χ0) is 17.7. The molecule has 8 heteroatoms. The third kappa shape index (κ3) is 4.18. The van der Waals surface area contributed by atoms with E-state index in [0.29, 0.717) is 26.6 Å². The summed E-state index contributed by atoms with van der Waals surface area (Å²) in [5.74, 6) is 0.277. The van der Waals surface area contributed by atoms with Gasteiger partial charge < -0.3 is 14.6 Å². The quantitative estimate of drug-likeness (QED) is 0.580. The van der Waals surface area contributed by atoms with Gasteiger partial charge in [0.2, 0.25) is 0 Å². The van der Waals surface area contributed by atoms with Gasteiger partial charge in [0.15, 0.2) is 11.5 Å². The van der Waals surface area contributed by atoms with Crippen molar-refractivity contribution in [3.63, 3.8) is 0 Å². The first-order valence-electron chi connectivity index (χ1n) is 6.69. The highest BCUT2D eigenvalue weighted by molar-refractivity contribution is 9.10. The van der Waals surface area contributed by atoms with Gasteiger partial charge in [0.1, 0.15) is 5.75 Å². The van der Waals surface area contributed by atoms with E-state index in [1.165, 1.54) is 32.6 Å². The van der Waals surface area contributed by atoms with Gasteiger partial charge in [-0.25, -0.2) is 5.43 Å². The van der Waals surface area contributed by atoms with Gasteiger partial charge in [0, 0.05) is 16.1 Å². The van der Waals surface area contributed by atoms with Crippen LogP contribution < -0.4 is 14.9 Å². The number of carbonyl (C=O) groups is 1. The topological polar surface area (TPSA) is 80.2 Å². The number of carbonyl (C=O) groups excluding carboxylic acids is 1. The SMILES string of the molecule is COc1cc(Cl)c(/C=N\NC(=O)c2cc(Br)ccc2O)cc1OC. The summed E-state index contributed by atoms with van der Waals surface area (Å²) in [6.07, 6.45) is 1.37. The average Bonchev–Trinajstić information content (AvgIpc) is 2.57. The Balaban J connectivity index is 2.17. The fourth-order valence-corrected chi connectivity index (χ4v) is 2.44. The Bertz CT molecular complexity index is 796. The van der Waals surface area contributed by atoms with Crippen molar-refractivity contribution in [1.29, 1.82) is 0 Å². The largest absolute Gasteiger partial charge is 0.507 e. The van der Waals surface area contributed by atoms with Crippen LogP contribution in [0.3, 0.4) is 0 Å². The highest BCUT2D eigenvalue weighted by Gasteiger charge is 2.11. The van der Waals surface area contributed by atoms with Crippen LogP contribution in [0.1, 0.15) is 15.9 Å². The summed E-state index contributed by atoms with van der Waals surface area (Å²) >= 11 is 9.37. The van der Waals surface area contributed by atoms with Crippen LogP contribution in [0.4, 0.5) is 0 Å². The highest BCUT2D eigenvalue weighted by Crippen LogP contribution is 2.32. The predicted octanol–water partition coefficient (Wildman–Crippen LogP) is 3.59. The van der Waals surface area contributed by atoms with E-state index in [0.717, 1.165) is 0 Å². The molecule has 0 fully saturated rings. The van der Waals surface area contributed by atoms with Gasteiger partial charge in [0.25, 0.3) is 5.91 Å². The number of amides is 1. The maximum atomic E-state index is 12.0. The molecule has 24 heavy (non-hydrogen) atoms. The predicted molar refractivity (Wildman–Crippen MR) is 95.4 cm³/mol. The van der Waals surface area contributed by atoms with Gasteiger partial charge >= 0.3 is 0 Å². The van der Waals surface area contributed by atoms with Crippen molar-refractivity contribution in [3.05, 3.63) is 51.0 Å². The Hall–Kier alpha value is -2.25. The fraction of sp³-hybridized carbons (Fsp3) is 0.125. The zero-order valence-electron chi connectivity index (χ0n) is 12.8. The van der Waals surface area contributed by atoms with E-state index < -0.39 is 5.91 Å². The van der Waals surface area contributed by atoms with Crippen LogP contribution in [-0.2, 0) is 0 Å². The number of hydrogen-bond acceptors (Lipinski definition) is 5. The van der Waals surface area contributed by atoms with Crippen molar-refractivity contribution >= 4 is 39.7 Å². The normalized spacial score (nSPS) is 10.7. The number of nitrogens with zero attached hydrogens (tertiary/aromatic N) is 1. The number of benzene rings is 2. The summed E-state index contributed by atoms with van der Waals surface area (Å²) in [4.78, 5) is 12.0. The number of aromatic hydroxyl groups is 1. The molecule has 2 aromatic rings. The Morgan fingerprint density at radius 1 is 1.25 bits per heavy atom. The second-order valence-corrected chi connectivity index (χ2v) is 5.91. The maximum absolute atomic E-state index is 12.0. The molecule has 0 unspecified atom stereocenters. The molecule has 126 valence electrons. The van der Waals surface area contributed by atoms with Gasteiger partial charge in [-0.1, -0.05) is 27.5 Å². The van der Waals surface area contributed by atoms with Gasteiger partial charge in [-0.15, -0.1) is 0 Å². The van der Waals surface area contributed by atoms with E-state index in [-0.39, 0.29) is 11.3 Å². The lowest BCUT2D eigenvalue weighted by atomic mass is 10.2. The summed E-state index contributed by atoms with van der Waals surface area (Å²) in [5, 5.41) is 13.9. The second-order valence-electron chi connectivity index (χ2n) is 4.59. The minimum absolute atomic E-state index is 0.0972. The molecule has 0 heterocycles. The van der Waals surface area contributed by atoms with Crippen molar-refractivity contribution < 1.29 is 19.4 Å². The molecule has 0 bridgehead atoms. The van der Waals surface area contributed by atoms with Crippen LogP contribution >= 0.6 is 27.5 Å². The molecule has 6 nitrogen and oxygen atoms in total. The standard InChI is InChI=1S/C16H14BrClN2O4/c1-23-14-5-9(12(18)7-15(14)24-2)8-19-20-16(22)11-6-10(17)3-4-13(11)21/h3-8,21H,1-2H3,(H,20,22)/b19-8-. The molecule has 0 saturated heterocycles. The number of hydrazone groups is 1. The van der Waals surface area contributed by atoms with Crippen molar-refractivity contribution in [2.75, 3.05) is 14.2 Å². The first-order valence-corrected chi connectivity index (χ1v) is 7.86. The Kier molecular flexibility index (Phi) is 6.05. The molecule has 0 atom stereocenters. The monoisotopic (exact) mass is 412 g/mol. The smallest absolute Gasteiger partial charge is 0.275 e. The minimum Gasteiger partial charge on any atom is -0.507 e. The summed E-state index contributed by atoms with van der Waals surface area (Å²) in [6, 6.07) is 7.74. The summed E-state index contributed by atoms with van der Waals surface area (Å²) in [6.45, 7) is 0. The number of ether oxygens (including phenoxy) is 2. The maximum Gasteiger partial charge on any atom is 0.275 e. The number of methoxy groups -OCH3 is 2. The van der Waals surface area contributed by atoms with Crippen molar-refractivity contribution in [2.24, 2.45) is 5.10 Å². The van der Waals surface area contributed by atoms with Gasteiger partial charge in [-0.2, -0.15) is 5.10 Å². The van der Waals surface area contributed by atoms with Crippen LogP contribution in [0.2, 0.25) is 5.02 Å². The van der Waals surface area contributed by atoms with Crippen LogP contribution in [0.5, 0.6) is 17.2 Å². The zero-order valence-corrected chi connectivity index (χ0v) is 15.2. The number of hydrogen-bond donors (Lipinski definition) is 2. The van der Waals surface area contributed by atoms with E-state index in [1.807, 2.05) is 0 Å². The Labute approximate surface area is 152 Å². The number of phenols is 1. The van der Waals surface area contributed by atoms with Gasteiger partial charge in [-0.05, 0) is 24.3 Å². The lowest BCUT2D eigenvalue weighted by Crippen LogP contribution is -2.17. The Morgan fingerprint density at radius 3 is 2.58 bits per heavy atom. The van der Waals surface area contributed by atoms with E-state index in [9.17, 15) is 9.90 Å². The van der Waals surface area contributed by atoms with Crippen LogP contribution in [0, 0.1) is 0 Å². The highest BCUT2D eigenvalue weighted by atomic mass is 79.9. The van der Waals surface area contributed by atoms with E-state index in [2.05, 4.69) is 26.5 Å². The molecular weight excluding hydrogens is 400 g/mol. The summed E-state index contributed by atoms with van der Waals surface area (Å²) < 4.78 is 11.0. The molecule has 0 aliphatic carbocycles. The molecule has 2 aromatic carbocycles. The minimum atomic E-state index is -0.554. The van der Waals surface area contributed by atoms with Crippen LogP contribution in [0.15, 0.2) is 39.9 Å². The molecule has 0 radical (unpaired) electrons. The third-order valence-corrected chi connectivity index (χ3v) is 3.90. The first-order chi connectivity index (χ1) is 11.5. The molecule has 0 aromatic heterocycles. The van der Waals surface area contributed by atoms with E-state index >= 15 is 0 Å². The lowest BCUT2D eigenvalue weighted by Gasteiger charge is -2.09. The summed E-state index contributed by atoms with van der Waals surface area (Å²) in [7, 11) is 3.01. The third-order valence-electron chi connectivity index (χ3n) is 3.08. The van der Waals surface area contributed by atoms with E-state index in [4.69, 9.17) is 21.1 Å². The molecule has 2 rings (SSSR count). The van der Waals surface area contributed by atoms with Crippen molar-refractivity contribution in [1.82, 2.24) is 5.43 Å². The van der Waals surface area contributed by atoms with Crippen molar-refractivity contribution in [2.45, 2.75) is 0 Å². The molecule has 0 saturated carbocycles. The van der Waals surface area contributed by atoms with Gasteiger partial charge in [0.05, 0.1) is 31.0 Å². The molecule has 0 spiro atoms. The number of phenolic OH excluding ortho intramolecular Hbond substituents is 1. The second kappa shape index (κ2) is 8.03. The Morgan fingerprint density at radius 2 is 1.92 bits per heavy atom. The average molecular weight is 414 g/mol. The number of rotatable bonds is 5. The van der Waals surface area contributed by atoms with Crippen molar-refractivity contribution in [3.8, 4) is 17.2 Å². The molecule has 0 aliphatic heterocycles. The number of halogens is 2. The van der Waals surface area contributed by atoms with Crippen LogP contribution in [-0.4, -0.2) is 31.4 Å². The molecular formula is C16H14BrClN2O4. The summed E-state index contributed by atoms with van der Waals surface area (Å²) in [5.41, 5.74) is 2.96. The van der Waals surface area contributed by atoms with E-state index in [1.54, 1.807) is 18.2 Å². The lowest BCUT2D eigenvalue weighted by molar-refractivity contribution is 0.0952. The number of nitrogens with one attached hydrogen (secondary N) is 1. The fourth-order valence-electron chi connectivity index (χ4n) is 1.88. The van der Waals surface area contributed by atoms with Gasteiger partial charge in [-0.3, -0.25) is 4.79 Å². The van der Waals surface area contributed by atoms with Crippen LogP contribution in [0.25, 0.3) is 0 Å².